The minimum atomic E-state index is -0.546. The van der Waals surface area contributed by atoms with Gasteiger partial charge in [-0.15, -0.1) is 0 Å². The predicted molar refractivity (Wildman–Crippen MR) is 48.1 cm³/mol. The topological polar surface area (TPSA) is 73.3 Å². The van der Waals surface area contributed by atoms with Gasteiger partial charge in [0.15, 0.2) is 0 Å². The second-order valence-electron chi connectivity index (χ2n) is 3.93. The van der Waals surface area contributed by atoms with E-state index in [1.54, 1.807) is 0 Å². The lowest BCUT2D eigenvalue weighted by molar-refractivity contribution is -0.121. The molecule has 0 atom stereocenters. The van der Waals surface area contributed by atoms with Crippen molar-refractivity contribution < 1.29 is 5.11 Å². The lowest BCUT2D eigenvalue weighted by Crippen LogP contribution is -2.65. The summed E-state index contributed by atoms with van der Waals surface area (Å²) in [5, 5.41) is 16.9. The maximum Gasteiger partial charge on any atom is 0.105 e. The van der Waals surface area contributed by atoms with Gasteiger partial charge < -0.3 is 10.8 Å². The molecule has 0 aromatic rings. The van der Waals surface area contributed by atoms with Crippen LogP contribution in [0.1, 0.15) is 13.8 Å². The van der Waals surface area contributed by atoms with E-state index in [0.29, 0.717) is 19.6 Å². The fraction of sp³-hybridized carbons (Fsp3) is 0.875. The number of β-amino-alcohol motifs (C(OH)–C–C–N with tert-alkyl or cyclic N) is 1. The maximum atomic E-state index is 9.82. The average Bonchev–Trinajstić information content (AvgIpc) is 1.82. The fourth-order valence-electron chi connectivity index (χ4n) is 1.45. The van der Waals surface area contributed by atoms with Gasteiger partial charge >= 0.3 is 0 Å². The molecular weight excluding hydrogens is 154 g/mol. The second-order valence-corrected chi connectivity index (χ2v) is 3.93. The molecule has 12 heavy (non-hydrogen) atoms. The lowest BCUT2D eigenvalue weighted by atomic mass is 9.83. The van der Waals surface area contributed by atoms with Crippen LogP contribution in [0.2, 0.25) is 0 Å². The Morgan fingerprint density at radius 3 is 2.50 bits per heavy atom. The number of likely N-dealkylation sites (tertiary alicyclic amines) is 1. The first-order valence-electron chi connectivity index (χ1n) is 4.22. The van der Waals surface area contributed by atoms with Crippen molar-refractivity contribution in [1.29, 1.82) is 5.41 Å². The molecule has 0 amide bonds. The van der Waals surface area contributed by atoms with Gasteiger partial charge in [-0.2, -0.15) is 0 Å². The van der Waals surface area contributed by atoms with Crippen LogP contribution in [-0.2, 0) is 0 Å². The Labute approximate surface area is 72.9 Å². The molecule has 1 rings (SSSR count). The number of hydrogen-bond acceptors (Lipinski definition) is 3. The number of amidine groups is 1. The van der Waals surface area contributed by atoms with E-state index < -0.39 is 5.60 Å². The first-order chi connectivity index (χ1) is 5.44. The van der Waals surface area contributed by atoms with Crippen LogP contribution >= 0.6 is 0 Å². The van der Waals surface area contributed by atoms with Gasteiger partial charge in [-0.25, -0.2) is 0 Å². The number of rotatable bonds is 3. The summed E-state index contributed by atoms with van der Waals surface area (Å²) in [6.45, 7) is 5.78. The molecule has 0 spiro atoms. The summed E-state index contributed by atoms with van der Waals surface area (Å²) in [6.07, 6.45) is 0. The van der Waals surface area contributed by atoms with Crippen LogP contribution in [-0.4, -0.2) is 41.1 Å². The molecule has 4 heteroatoms. The molecule has 0 aliphatic carbocycles. The highest BCUT2D eigenvalue weighted by atomic mass is 16.3. The summed E-state index contributed by atoms with van der Waals surface area (Å²) in [5.41, 5.74) is 4.68. The van der Waals surface area contributed by atoms with Crippen LogP contribution in [0.15, 0.2) is 0 Å². The number of aliphatic hydroxyl groups is 1. The van der Waals surface area contributed by atoms with Crippen molar-refractivity contribution in [3.8, 4) is 0 Å². The van der Waals surface area contributed by atoms with Crippen molar-refractivity contribution in [3.63, 3.8) is 0 Å². The van der Waals surface area contributed by atoms with E-state index in [1.807, 2.05) is 18.7 Å². The lowest BCUT2D eigenvalue weighted by Gasteiger charge is -2.48. The molecule has 1 saturated heterocycles. The van der Waals surface area contributed by atoms with E-state index in [9.17, 15) is 5.11 Å². The normalized spacial score (nSPS) is 22.3. The molecule has 0 saturated carbocycles. The first-order valence-corrected chi connectivity index (χ1v) is 4.22. The zero-order chi connectivity index (χ0) is 9.35. The van der Waals surface area contributed by atoms with Crippen molar-refractivity contribution in [2.24, 2.45) is 11.7 Å². The zero-order valence-corrected chi connectivity index (χ0v) is 7.67. The van der Waals surface area contributed by atoms with Gasteiger partial charge in [-0.3, -0.25) is 10.3 Å². The summed E-state index contributed by atoms with van der Waals surface area (Å²) < 4.78 is 0. The molecule has 70 valence electrons. The van der Waals surface area contributed by atoms with Crippen LogP contribution in [0.5, 0.6) is 0 Å². The quantitative estimate of drug-likeness (QED) is 0.400. The monoisotopic (exact) mass is 171 g/mol. The minimum Gasteiger partial charge on any atom is -0.387 e. The summed E-state index contributed by atoms with van der Waals surface area (Å²) >= 11 is 0. The highest BCUT2D eigenvalue weighted by molar-refractivity contribution is 5.79. The van der Waals surface area contributed by atoms with Crippen LogP contribution in [0, 0.1) is 11.3 Å². The van der Waals surface area contributed by atoms with E-state index in [1.165, 1.54) is 0 Å². The maximum absolute atomic E-state index is 9.82. The fourth-order valence-corrected chi connectivity index (χ4v) is 1.45. The molecule has 0 aromatic carbocycles. The zero-order valence-electron chi connectivity index (χ0n) is 7.67. The first kappa shape index (κ1) is 9.48. The number of nitrogens with one attached hydrogen (secondary N) is 1. The molecule has 0 unspecified atom stereocenters. The molecule has 1 aliphatic rings. The van der Waals surface area contributed by atoms with Gasteiger partial charge in [-0.05, 0) is 5.92 Å². The Balaban J connectivity index is 2.32. The van der Waals surface area contributed by atoms with Crippen molar-refractivity contribution in [2.45, 2.75) is 19.4 Å². The van der Waals surface area contributed by atoms with Crippen molar-refractivity contribution >= 4 is 5.84 Å². The third kappa shape index (κ3) is 1.76. The summed E-state index contributed by atoms with van der Waals surface area (Å²) in [4.78, 5) is 1.97. The third-order valence-corrected chi connectivity index (χ3v) is 2.46. The molecule has 0 aromatic heterocycles. The minimum absolute atomic E-state index is 0.167. The van der Waals surface area contributed by atoms with Gasteiger partial charge in [0.05, 0.1) is 12.1 Å². The van der Waals surface area contributed by atoms with Gasteiger partial charge in [-0.1, -0.05) is 13.8 Å². The SMILES string of the molecule is CC(C)C1(O)CN(CC(=N)N)C1. The standard InChI is InChI=1S/C8H17N3O/c1-6(2)8(12)4-11(5-8)3-7(9)10/h6,12H,3-5H2,1-2H3,(H3,9,10). The molecular formula is C8H17N3O. The number of nitrogens with two attached hydrogens (primary N) is 1. The van der Waals surface area contributed by atoms with E-state index in [4.69, 9.17) is 11.1 Å². The van der Waals surface area contributed by atoms with Gasteiger partial charge in [0.1, 0.15) is 5.84 Å². The van der Waals surface area contributed by atoms with Crippen LogP contribution in [0.3, 0.4) is 0 Å². The number of hydrogen-bond donors (Lipinski definition) is 3. The highest BCUT2D eigenvalue weighted by Crippen LogP contribution is 2.27. The Hall–Kier alpha value is -0.610. The summed E-state index contributed by atoms with van der Waals surface area (Å²) in [7, 11) is 0. The van der Waals surface area contributed by atoms with Gasteiger partial charge in [0.2, 0.25) is 0 Å². The Morgan fingerprint density at radius 1 is 1.67 bits per heavy atom. The molecule has 0 bridgehead atoms. The van der Waals surface area contributed by atoms with Crippen molar-refractivity contribution in [3.05, 3.63) is 0 Å². The van der Waals surface area contributed by atoms with Crippen molar-refractivity contribution in [1.82, 2.24) is 4.90 Å². The summed E-state index contributed by atoms with van der Waals surface area (Å²) in [5.74, 6) is 0.446. The molecule has 0 radical (unpaired) electrons. The Kier molecular flexibility index (Phi) is 2.39. The Morgan fingerprint density at radius 2 is 2.17 bits per heavy atom. The van der Waals surface area contributed by atoms with Crippen LogP contribution < -0.4 is 5.73 Å². The predicted octanol–water partition coefficient (Wildman–Crippen LogP) is -0.375. The largest absolute Gasteiger partial charge is 0.387 e. The van der Waals surface area contributed by atoms with Gasteiger partial charge in [0.25, 0.3) is 0 Å². The smallest absolute Gasteiger partial charge is 0.105 e. The van der Waals surface area contributed by atoms with Gasteiger partial charge in [0, 0.05) is 13.1 Å². The molecule has 1 fully saturated rings. The van der Waals surface area contributed by atoms with Crippen LogP contribution in [0.25, 0.3) is 0 Å². The molecule has 1 aliphatic heterocycles. The second kappa shape index (κ2) is 3.03. The molecule has 4 N–H and O–H groups in total. The van der Waals surface area contributed by atoms with E-state index >= 15 is 0 Å². The molecule has 1 heterocycles. The highest BCUT2D eigenvalue weighted by Gasteiger charge is 2.43. The number of nitrogens with zero attached hydrogens (tertiary/aromatic N) is 1. The van der Waals surface area contributed by atoms with E-state index in [0.717, 1.165) is 0 Å². The third-order valence-electron chi connectivity index (χ3n) is 2.46. The molecule has 4 nitrogen and oxygen atoms in total. The summed E-state index contributed by atoms with van der Waals surface area (Å²) in [6, 6.07) is 0. The Bertz CT molecular complexity index is 185. The van der Waals surface area contributed by atoms with Crippen LogP contribution in [0.4, 0.5) is 0 Å². The van der Waals surface area contributed by atoms with E-state index in [-0.39, 0.29) is 11.8 Å². The van der Waals surface area contributed by atoms with E-state index in [2.05, 4.69) is 0 Å². The van der Waals surface area contributed by atoms with Crippen molar-refractivity contribution in [2.75, 3.05) is 19.6 Å². The average molecular weight is 171 g/mol.